The Morgan fingerprint density at radius 2 is 1.38 bits per heavy atom. The van der Waals surface area contributed by atoms with E-state index >= 15 is 0 Å². The fourth-order valence-corrected chi connectivity index (χ4v) is 3.96. The molecule has 1 aliphatic rings. The maximum absolute atomic E-state index is 6.04. The van der Waals surface area contributed by atoms with Crippen LogP contribution in [0.5, 0.6) is 5.75 Å². The highest BCUT2D eigenvalue weighted by Crippen LogP contribution is 2.32. The van der Waals surface area contributed by atoms with Crippen molar-refractivity contribution < 1.29 is 4.74 Å². The minimum absolute atomic E-state index is 0.740. The Morgan fingerprint density at radius 3 is 1.96 bits per heavy atom. The van der Waals surface area contributed by atoms with Crippen molar-refractivity contribution in [2.75, 3.05) is 6.61 Å². The molecule has 3 rings (SSSR count). The number of ether oxygens (including phenoxy) is 1. The summed E-state index contributed by atoms with van der Waals surface area (Å²) in [7, 11) is 0. The van der Waals surface area contributed by atoms with E-state index < -0.39 is 0 Å². The van der Waals surface area contributed by atoms with Gasteiger partial charge >= 0.3 is 0 Å². The summed E-state index contributed by atoms with van der Waals surface area (Å²) in [6.45, 7) is 3.17. The predicted octanol–water partition coefficient (Wildman–Crippen LogP) is 7.10. The summed E-state index contributed by atoms with van der Waals surface area (Å²) in [6, 6.07) is 16.9. The first-order chi connectivity index (χ1) is 11.7. The van der Waals surface area contributed by atoms with Crippen molar-refractivity contribution in [1.82, 2.24) is 0 Å². The highest BCUT2D eigenvalue weighted by molar-refractivity contribution is 9.10. The van der Waals surface area contributed by atoms with Crippen LogP contribution < -0.4 is 4.74 Å². The summed E-state index contributed by atoms with van der Waals surface area (Å²) < 4.78 is 7.15. The molecule has 128 valence electrons. The average molecular weight is 387 g/mol. The molecule has 0 heterocycles. The summed E-state index contributed by atoms with van der Waals surface area (Å²) in [5.41, 5.74) is 2.47. The third-order valence-electron chi connectivity index (χ3n) is 5.18. The van der Waals surface area contributed by atoms with Crippen LogP contribution in [0.2, 0.25) is 0 Å². The van der Waals surface area contributed by atoms with Crippen molar-refractivity contribution in [3.05, 3.63) is 53.0 Å². The molecular formula is C22H27BrO. The summed E-state index contributed by atoms with van der Waals surface area (Å²) in [5, 5.41) is 0. The molecule has 1 aliphatic carbocycles. The molecule has 1 nitrogen and oxygen atoms in total. The summed E-state index contributed by atoms with van der Waals surface area (Å²) in [4.78, 5) is 0. The van der Waals surface area contributed by atoms with Gasteiger partial charge in [0, 0.05) is 4.47 Å². The van der Waals surface area contributed by atoms with Gasteiger partial charge in [0.1, 0.15) is 5.75 Å². The second kappa shape index (κ2) is 8.71. The van der Waals surface area contributed by atoms with Crippen LogP contribution in [0.3, 0.4) is 0 Å². The van der Waals surface area contributed by atoms with Crippen molar-refractivity contribution in [1.29, 1.82) is 0 Å². The van der Waals surface area contributed by atoms with Crippen LogP contribution in [0.4, 0.5) is 0 Å². The summed E-state index contributed by atoms with van der Waals surface area (Å²) in [6.07, 6.45) is 8.19. The van der Waals surface area contributed by atoms with E-state index in [1.165, 1.54) is 49.7 Å². The van der Waals surface area contributed by atoms with Crippen LogP contribution >= 0.6 is 15.9 Å². The third-order valence-corrected chi connectivity index (χ3v) is 5.71. The van der Waals surface area contributed by atoms with Gasteiger partial charge in [0.25, 0.3) is 0 Å². The largest absolute Gasteiger partial charge is 0.493 e. The van der Waals surface area contributed by atoms with Gasteiger partial charge in [-0.1, -0.05) is 72.8 Å². The molecule has 0 aromatic heterocycles. The van der Waals surface area contributed by atoms with Gasteiger partial charge in [-0.25, -0.2) is 0 Å². The molecule has 0 aliphatic heterocycles. The van der Waals surface area contributed by atoms with E-state index in [1.54, 1.807) is 0 Å². The molecule has 0 atom stereocenters. The second-order valence-electron chi connectivity index (χ2n) is 7.02. The lowest BCUT2D eigenvalue weighted by molar-refractivity contribution is 0.178. The summed E-state index contributed by atoms with van der Waals surface area (Å²) in [5.74, 6) is 2.70. The topological polar surface area (TPSA) is 9.23 Å². The smallest absolute Gasteiger partial charge is 0.119 e. The minimum Gasteiger partial charge on any atom is -0.493 e. The van der Waals surface area contributed by atoms with E-state index in [4.69, 9.17) is 4.74 Å². The molecule has 1 fully saturated rings. The zero-order valence-electron chi connectivity index (χ0n) is 14.5. The molecule has 0 unspecified atom stereocenters. The van der Waals surface area contributed by atoms with Crippen molar-refractivity contribution in [3.8, 4) is 16.9 Å². The number of benzene rings is 2. The van der Waals surface area contributed by atoms with E-state index in [-0.39, 0.29) is 0 Å². The number of rotatable bonds is 6. The highest BCUT2D eigenvalue weighted by Gasteiger charge is 2.20. The fourth-order valence-electron chi connectivity index (χ4n) is 3.70. The van der Waals surface area contributed by atoms with E-state index in [9.17, 15) is 0 Å². The average Bonchev–Trinajstić information content (AvgIpc) is 2.63. The van der Waals surface area contributed by atoms with Crippen molar-refractivity contribution in [2.24, 2.45) is 11.8 Å². The molecule has 0 amide bonds. The van der Waals surface area contributed by atoms with E-state index in [2.05, 4.69) is 71.4 Å². The fraction of sp³-hybridized carbons (Fsp3) is 0.455. The SMILES string of the molecule is CCC[C@H]1CC[C@H](COc2ccc(-c3ccc(Br)cc3)cc2)CC1. The van der Waals surface area contributed by atoms with Gasteiger partial charge in [-0.3, -0.25) is 0 Å². The molecule has 0 N–H and O–H groups in total. The van der Waals surface area contributed by atoms with Gasteiger partial charge < -0.3 is 4.74 Å². The summed E-state index contributed by atoms with van der Waals surface area (Å²) >= 11 is 3.48. The molecule has 2 aromatic carbocycles. The first-order valence-electron chi connectivity index (χ1n) is 9.23. The number of halogens is 1. The van der Waals surface area contributed by atoms with Gasteiger partial charge in [0.05, 0.1) is 6.61 Å². The molecule has 0 bridgehead atoms. The molecule has 0 radical (unpaired) electrons. The van der Waals surface area contributed by atoms with Crippen LogP contribution in [0.25, 0.3) is 11.1 Å². The van der Waals surface area contributed by atoms with Gasteiger partial charge in [-0.15, -0.1) is 0 Å². The van der Waals surface area contributed by atoms with Crippen LogP contribution in [0.1, 0.15) is 45.4 Å². The van der Waals surface area contributed by atoms with E-state index in [0.29, 0.717) is 0 Å². The second-order valence-corrected chi connectivity index (χ2v) is 7.93. The van der Waals surface area contributed by atoms with E-state index in [0.717, 1.165) is 28.7 Å². The first-order valence-corrected chi connectivity index (χ1v) is 10.0. The molecular weight excluding hydrogens is 360 g/mol. The van der Waals surface area contributed by atoms with Gasteiger partial charge in [-0.2, -0.15) is 0 Å². The molecule has 24 heavy (non-hydrogen) atoms. The zero-order chi connectivity index (χ0) is 16.8. The Morgan fingerprint density at radius 1 is 0.833 bits per heavy atom. The minimum atomic E-state index is 0.740. The quantitative estimate of drug-likeness (QED) is 0.514. The standard InChI is InChI=1S/C22H27BrO/c1-2-3-17-4-6-18(7-5-17)16-24-22-14-10-20(11-15-22)19-8-12-21(23)13-9-19/h8-15,17-18H,2-7,16H2,1H3/t17-,18-. The van der Waals surface area contributed by atoms with Crippen LogP contribution in [-0.4, -0.2) is 6.61 Å². The van der Waals surface area contributed by atoms with Gasteiger partial charge in [0.2, 0.25) is 0 Å². The molecule has 2 aromatic rings. The van der Waals surface area contributed by atoms with Crippen LogP contribution in [0, 0.1) is 11.8 Å². The lowest BCUT2D eigenvalue weighted by Gasteiger charge is -2.28. The highest BCUT2D eigenvalue weighted by atomic mass is 79.9. The van der Waals surface area contributed by atoms with Crippen molar-refractivity contribution in [2.45, 2.75) is 45.4 Å². The Bertz CT molecular complexity index is 609. The molecule has 0 spiro atoms. The molecule has 2 heteroatoms. The van der Waals surface area contributed by atoms with Crippen molar-refractivity contribution >= 4 is 15.9 Å². The van der Waals surface area contributed by atoms with E-state index in [1.807, 2.05) is 0 Å². The maximum Gasteiger partial charge on any atom is 0.119 e. The normalized spacial score (nSPS) is 20.8. The number of hydrogen-bond donors (Lipinski definition) is 0. The monoisotopic (exact) mass is 386 g/mol. The maximum atomic E-state index is 6.04. The third kappa shape index (κ3) is 4.86. The van der Waals surface area contributed by atoms with Crippen LogP contribution in [-0.2, 0) is 0 Å². The van der Waals surface area contributed by atoms with Crippen molar-refractivity contribution in [3.63, 3.8) is 0 Å². The zero-order valence-corrected chi connectivity index (χ0v) is 16.1. The van der Waals surface area contributed by atoms with Gasteiger partial charge in [-0.05, 0) is 60.1 Å². The Kier molecular flexibility index (Phi) is 6.37. The number of hydrogen-bond acceptors (Lipinski definition) is 1. The predicted molar refractivity (Wildman–Crippen MR) is 105 cm³/mol. The Hall–Kier alpha value is -1.28. The van der Waals surface area contributed by atoms with Gasteiger partial charge in [0.15, 0.2) is 0 Å². The lowest BCUT2D eigenvalue weighted by atomic mass is 9.80. The molecule has 0 saturated heterocycles. The first kappa shape index (κ1) is 17.5. The lowest BCUT2D eigenvalue weighted by Crippen LogP contribution is -2.20. The Balaban J connectivity index is 1.49. The molecule has 1 saturated carbocycles. The van der Waals surface area contributed by atoms with Crippen LogP contribution in [0.15, 0.2) is 53.0 Å². The Labute approximate surface area is 154 Å².